The zero-order valence-corrected chi connectivity index (χ0v) is 5.89. The summed E-state index contributed by atoms with van der Waals surface area (Å²) in [7, 11) is 0. The maximum absolute atomic E-state index is 6.74. The molecule has 0 aliphatic carbocycles. The van der Waals surface area contributed by atoms with Crippen molar-refractivity contribution in [2.45, 2.75) is 20.3 Å². The van der Waals surface area contributed by atoms with Crippen LogP contribution in [0.1, 0.15) is 20.3 Å². The molecular weight excluding hydrogens is 112 g/mol. The lowest BCUT2D eigenvalue weighted by atomic mass is 10.3. The van der Waals surface area contributed by atoms with Gasteiger partial charge in [0.2, 0.25) is 0 Å². The van der Waals surface area contributed by atoms with E-state index in [0.29, 0.717) is 0 Å². The molecule has 0 aromatic carbocycles. The van der Waals surface area contributed by atoms with Crippen molar-refractivity contribution >= 4 is 12.4 Å². The molecule has 2 heteroatoms. The average Bonchev–Trinajstić information content (AvgIpc) is 1.88. The van der Waals surface area contributed by atoms with Gasteiger partial charge < -0.3 is 5.41 Å². The molecule has 0 atom stereocenters. The van der Waals surface area contributed by atoms with Gasteiger partial charge in [-0.3, -0.25) is 4.99 Å². The maximum Gasteiger partial charge on any atom is 0.0411 e. The summed E-state index contributed by atoms with van der Waals surface area (Å²) in [5, 5.41) is 6.74. The molecule has 0 saturated heterocycles. The second-order valence-corrected chi connectivity index (χ2v) is 1.57. The van der Waals surface area contributed by atoms with Crippen molar-refractivity contribution in [1.82, 2.24) is 0 Å². The molecule has 0 aromatic rings. The van der Waals surface area contributed by atoms with Gasteiger partial charge in [-0.05, 0) is 19.4 Å². The molecule has 0 bridgehead atoms. The lowest BCUT2D eigenvalue weighted by molar-refractivity contribution is 1.07. The standard InChI is InChI=1S/C7H12N2/c1-3-7(5-6-8)9-4-2/h4-6,8H,3H2,1-2H3/b7-5-,8-6?,9-4-. The molecule has 0 fully saturated rings. The van der Waals surface area contributed by atoms with Crippen LogP contribution in [-0.4, -0.2) is 12.4 Å². The molecule has 0 aliphatic heterocycles. The molecule has 50 valence electrons. The Morgan fingerprint density at radius 3 is 2.67 bits per heavy atom. The Kier molecular flexibility index (Phi) is 4.69. The quantitative estimate of drug-likeness (QED) is 0.559. The van der Waals surface area contributed by atoms with E-state index in [1.54, 1.807) is 12.3 Å². The van der Waals surface area contributed by atoms with Gasteiger partial charge in [0, 0.05) is 18.1 Å². The summed E-state index contributed by atoms with van der Waals surface area (Å²) in [5.41, 5.74) is 0.951. The van der Waals surface area contributed by atoms with Crippen LogP contribution in [0.25, 0.3) is 0 Å². The third kappa shape index (κ3) is 3.64. The minimum absolute atomic E-state index is 0.889. The summed E-state index contributed by atoms with van der Waals surface area (Å²) in [6.07, 6.45) is 5.57. The van der Waals surface area contributed by atoms with Crippen LogP contribution in [0.15, 0.2) is 16.8 Å². The minimum Gasteiger partial charge on any atom is -0.309 e. The van der Waals surface area contributed by atoms with Gasteiger partial charge in [0.05, 0.1) is 0 Å². The summed E-state index contributed by atoms with van der Waals surface area (Å²) in [4.78, 5) is 4.02. The fourth-order valence-corrected chi connectivity index (χ4v) is 0.514. The molecule has 0 aromatic heterocycles. The molecule has 0 unspecified atom stereocenters. The third-order valence-corrected chi connectivity index (χ3v) is 0.933. The zero-order chi connectivity index (χ0) is 7.11. The highest BCUT2D eigenvalue weighted by Crippen LogP contribution is 1.98. The van der Waals surface area contributed by atoms with Crippen molar-refractivity contribution in [3.63, 3.8) is 0 Å². The van der Waals surface area contributed by atoms with Crippen LogP contribution in [0.5, 0.6) is 0 Å². The first-order valence-electron chi connectivity index (χ1n) is 3.03. The fourth-order valence-electron chi connectivity index (χ4n) is 0.514. The van der Waals surface area contributed by atoms with Gasteiger partial charge in [-0.2, -0.15) is 0 Å². The Morgan fingerprint density at radius 2 is 2.33 bits per heavy atom. The van der Waals surface area contributed by atoms with E-state index in [4.69, 9.17) is 5.41 Å². The minimum atomic E-state index is 0.889. The molecule has 2 nitrogen and oxygen atoms in total. The third-order valence-electron chi connectivity index (χ3n) is 0.933. The van der Waals surface area contributed by atoms with Crippen molar-refractivity contribution in [3.8, 4) is 0 Å². The lowest BCUT2D eigenvalue weighted by Crippen LogP contribution is -1.75. The van der Waals surface area contributed by atoms with Crippen LogP contribution in [0.4, 0.5) is 0 Å². The highest BCUT2D eigenvalue weighted by atomic mass is 14.7. The number of nitrogens with zero attached hydrogens (tertiary/aromatic N) is 1. The van der Waals surface area contributed by atoms with E-state index in [2.05, 4.69) is 4.99 Å². The summed E-state index contributed by atoms with van der Waals surface area (Å²) < 4.78 is 0. The van der Waals surface area contributed by atoms with E-state index in [1.165, 1.54) is 6.21 Å². The van der Waals surface area contributed by atoms with Crippen LogP contribution >= 0.6 is 0 Å². The van der Waals surface area contributed by atoms with Gasteiger partial charge in [-0.25, -0.2) is 0 Å². The first-order valence-corrected chi connectivity index (χ1v) is 3.03. The van der Waals surface area contributed by atoms with E-state index in [9.17, 15) is 0 Å². The van der Waals surface area contributed by atoms with Crippen molar-refractivity contribution < 1.29 is 0 Å². The normalized spacial score (nSPS) is 12.4. The van der Waals surface area contributed by atoms with Crippen molar-refractivity contribution in [2.24, 2.45) is 4.99 Å². The second kappa shape index (κ2) is 5.22. The molecule has 0 heterocycles. The van der Waals surface area contributed by atoms with Gasteiger partial charge in [0.25, 0.3) is 0 Å². The number of aliphatic imine (C=N–C) groups is 1. The topological polar surface area (TPSA) is 36.2 Å². The fraction of sp³-hybridized carbons (Fsp3) is 0.429. The molecule has 0 aliphatic rings. The lowest BCUT2D eigenvalue weighted by Gasteiger charge is -1.90. The van der Waals surface area contributed by atoms with Crippen molar-refractivity contribution in [2.75, 3.05) is 0 Å². The van der Waals surface area contributed by atoms with Gasteiger partial charge in [-0.1, -0.05) is 6.92 Å². The van der Waals surface area contributed by atoms with Crippen LogP contribution in [0, 0.1) is 5.41 Å². The van der Waals surface area contributed by atoms with Crippen molar-refractivity contribution in [1.29, 1.82) is 5.41 Å². The van der Waals surface area contributed by atoms with Crippen LogP contribution in [0.3, 0.4) is 0 Å². The number of rotatable bonds is 3. The Labute approximate surface area is 55.8 Å². The highest BCUT2D eigenvalue weighted by molar-refractivity contribution is 5.69. The number of allylic oxidation sites excluding steroid dienone is 2. The van der Waals surface area contributed by atoms with Gasteiger partial charge in [-0.15, -0.1) is 0 Å². The highest BCUT2D eigenvalue weighted by Gasteiger charge is 1.82. The number of hydrogen-bond acceptors (Lipinski definition) is 2. The first-order chi connectivity index (χ1) is 4.35. The first kappa shape index (κ1) is 8.08. The predicted molar refractivity (Wildman–Crippen MR) is 41.3 cm³/mol. The van der Waals surface area contributed by atoms with E-state index < -0.39 is 0 Å². The second-order valence-electron chi connectivity index (χ2n) is 1.57. The van der Waals surface area contributed by atoms with E-state index in [0.717, 1.165) is 12.1 Å². The molecule has 1 N–H and O–H groups in total. The molecule has 0 spiro atoms. The summed E-state index contributed by atoms with van der Waals surface area (Å²) >= 11 is 0. The van der Waals surface area contributed by atoms with Crippen molar-refractivity contribution in [3.05, 3.63) is 11.8 Å². The maximum atomic E-state index is 6.74. The number of nitrogens with one attached hydrogen (secondary N) is 1. The monoisotopic (exact) mass is 124 g/mol. The van der Waals surface area contributed by atoms with E-state index in [-0.39, 0.29) is 0 Å². The number of hydrogen-bond donors (Lipinski definition) is 1. The largest absolute Gasteiger partial charge is 0.309 e. The molecule has 0 radical (unpaired) electrons. The summed E-state index contributed by atoms with van der Waals surface area (Å²) in [5.74, 6) is 0. The summed E-state index contributed by atoms with van der Waals surface area (Å²) in [6.45, 7) is 3.88. The summed E-state index contributed by atoms with van der Waals surface area (Å²) in [6, 6.07) is 0. The van der Waals surface area contributed by atoms with Gasteiger partial charge >= 0.3 is 0 Å². The Morgan fingerprint density at radius 1 is 1.67 bits per heavy atom. The smallest absolute Gasteiger partial charge is 0.0411 e. The zero-order valence-electron chi connectivity index (χ0n) is 5.89. The molecular formula is C7H12N2. The Balaban J connectivity index is 3.96. The molecule has 0 amide bonds. The van der Waals surface area contributed by atoms with Gasteiger partial charge in [0.15, 0.2) is 0 Å². The average molecular weight is 124 g/mol. The predicted octanol–water partition coefficient (Wildman–Crippen LogP) is 2.02. The Bertz CT molecular complexity index is 134. The molecule has 0 saturated carbocycles. The molecule has 0 rings (SSSR count). The van der Waals surface area contributed by atoms with Crippen LogP contribution in [0.2, 0.25) is 0 Å². The van der Waals surface area contributed by atoms with Gasteiger partial charge in [0.1, 0.15) is 0 Å². The van der Waals surface area contributed by atoms with E-state index >= 15 is 0 Å². The molecule has 9 heavy (non-hydrogen) atoms. The Hall–Kier alpha value is -0.920. The SMILES string of the molecule is C/C=N\C(=C/C=N)CC. The van der Waals surface area contributed by atoms with Crippen LogP contribution < -0.4 is 0 Å². The van der Waals surface area contributed by atoms with Crippen LogP contribution in [-0.2, 0) is 0 Å². The van der Waals surface area contributed by atoms with E-state index in [1.807, 2.05) is 13.8 Å².